The molecule has 0 bridgehead atoms. The number of hydrogen-bond donors (Lipinski definition) is 2. The lowest BCUT2D eigenvalue weighted by Gasteiger charge is -2.19. The van der Waals surface area contributed by atoms with Crippen LogP contribution in [-0.4, -0.2) is 35.4 Å². The van der Waals surface area contributed by atoms with Crippen LogP contribution in [0.5, 0.6) is 0 Å². The summed E-state index contributed by atoms with van der Waals surface area (Å²) in [7, 11) is 0. The van der Waals surface area contributed by atoms with E-state index in [1.54, 1.807) is 24.3 Å². The van der Waals surface area contributed by atoms with Crippen LogP contribution in [0.25, 0.3) is 10.8 Å². The number of aromatic amines is 1. The molecule has 2 heterocycles. The molecule has 6 nitrogen and oxygen atoms in total. The standard InChI is InChI=1S/C15H17N3O3/c1-9(10-6-7-21-8-10)16-15(20)13-11-4-2-3-5-12(11)14(19)18-17-13/h2-5,9-10H,6-8H2,1H3,(H,16,20)(H,18,19). The lowest BCUT2D eigenvalue weighted by atomic mass is 10.0. The lowest BCUT2D eigenvalue weighted by molar-refractivity contribution is 0.0918. The second-order valence-corrected chi connectivity index (χ2v) is 5.33. The monoisotopic (exact) mass is 287 g/mol. The Balaban J connectivity index is 1.88. The third-order valence-corrected chi connectivity index (χ3v) is 3.94. The number of benzene rings is 1. The van der Waals surface area contributed by atoms with Gasteiger partial charge in [-0.15, -0.1) is 0 Å². The number of nitrogens with zero attached hydrogens (tertiary/aromatic N) is 1. The molecule has 21 heavy (non-hydrogen) atoms. The van der Waals surface area contributed by atoms with Gasteiger partial charge in [0.1, 0.15) is 0 Å². The average Bonchev–Trinajstić information content (AvgIpc) is 3.02. The number of H-pyrrole nitrogens is 1. The van der Waals surface area contributed by atoms with Crippen LogP contribution >= 0.6 is 0 Å². The molecule has 0 spiro atoms. The van der Waals surface area contributed by atoms with Gasteiger partial charge in [0.15, 0.2) is 5.69 Å². The highest BCUT2D eigenvalue weighted by molar-refractivity contribution is 6.04. The number of carbonyl (C=O) groups excluding carboxylic acids is 1. The first-order chi connectivity index (χ1) is 10.2. The molecule has 0 aliphatic carbocycles. The van der Waals surface area contributed by atoms with Crippen molar-refractivity contribution in [3.8, 4) is 0 Å². The van der Waals surface area contributed by atoms with E-state index >= 15 is 0 Å². The molecule has 0 radical (unpaired) electrons. The topological polar surface area (TPSA) is 84.1 Å². The molecule has 1 aromatic carbocycles. The highest BCUT2D eigenvalue weighted by Crippen LogP contribution is 2.17. The second-order valence-electron chi connectivity index (χ2n) is 5.33. The first-order valence-electron chi connectivity index (χ1n) is 7.03. The van der Waals surface area contributed by atoms with E-state index in [0.717, 1.165) is 13.0 Å². The lowest BCUT2D eigenvalue weighted by Crippen LogP contribution is -2.39. The number of rotatable bonds is 3. The highest BCUT2D eigenvalue weighted by Gasteiger charge is 2.25. The summed E-state index contributed by atoms with van der Waals surface area (Å²) in [5.74, 6) is 0.0461. The fourth-order valence-corrected chi connectivity index (χ4v) is 2.63. The molecule has 1 amide bonds. The fraction of sp³-hybridized carbons (Fsp3) is 0.400. The van der Waals surface area contributed by atoms with E-state index in [-0.39, 0.29) is 23.2 Å². The van der Waals surface area contributed by atoms with Gasteiger partial charge >= 0.3 is 0 Å². The van der Waals surface area contributed by atoms with Crippen LogP contribution in [0.3, 0.4) is 0 Å². The summed E-state index contributed by atoms with van der Waals surface area (Å²) in [6, 6.07) is 6.97. The number of carbonyl (C=O) groups is 1. The average molecular weight is 287 g/mol. The normalized spacial score (nSPS) is 19.6. The molecule has 2 atom stereocenters. The quantitative estimate of drug-likeness (QED) is 0.884. The van der Waals surface area contributed by atoms with Crippen LogP contribution < -0.4 is 10.9 Å². The third-order valence-electron chi connectivity index (χ3n) is 3.94. The molecule has 1 aliphatic heterocycles. The minimum atomic E-state index is -0.292. The van der Waals surface area contributed by atoms with E-state index in [1.165, 1.54) is 0 Å². The molecule has 110 valence electrons. The van der Waals surface area contributed by atoms with Crippen LogP contribution in [0.2, 0.25) is 0 Å². The third kappa shape index (κ3) is 2.67. The predicted molar refractivity (Wildman–Crippen MR) is 78.2 cm³/mol. The summed E-state index contributed by atoms with van der Waals surface area (Å²) < 4.78 is 5.34. The van der Waals surface area contributed by atoms with Crippen LogP contribution in [0, 0.1) is 5.92 Å². The summed E-state index contributed by atoms with van der Waals surface area (Å²) in [5.41, 5.74) is -0.0460. The summed E-state index contributed by atoms with van der Waals surface area (Å²) in [6.45, 7) is 3.37. The van der Waals surface area contributed by atoms with Crippen molar-refractivity contribution < 1.29 is 9.53 Å². The van der Waals surface area contributed by atoms with Gasteiger partial charge in [0.2, 0.25) is 0 Å². The zero-order valence-electron chi connectivity index (χ0n) is 11.8. The number of aromatic nitrogens is 2. The minimum Gasteiger partial charge on any atom is -0.381 e. The maximum Gasteiger partial charge on any atom is 0.272 e. The molecule has 1 fully saturated rings. The molecule has 1 aromatic heterocycles. The first-order valence-corrected chi connectivity index (χ1v) is 7.03. The maximum absolute atomic E-state index is 12.4. The molecule has 0 saturated carbocycles. The van der Waals surface area contributed by atoms with Gasteiger partial charge < -0.3 is 10.1 Å². The Morgan fingerprint density at radius 2 is 2.19 bits per heavy atom. The summed E-state index contributed by atoms with van der Waals surface area (Å²) >= 11 is 0. The number of fused-ring (bicyclic) bond motifs is 1. The molecular formula is C15H17N3O3. The van der Waals surface area contributed by atoms with Crippen molar-refractivity contribution in [2.24, 2.45) is 5.92 Å². The van der Waals surface area contributed by atoms with Gasteiger partial charge in [-0.05, 0) is 19.4 Å². The van der Waals surface area contributed by atoms with Crippen molar-refractivity contribution in [1.29, 1.82) is 0 Å². The van der Waals surface area contributed by atoms with Crippen LogP contribution in [0.15, 0.2) is 29.1 Å². The molecular weight excluding hydrogens is 270 g/mol. The first kappa shape index (κ1) is 13.8. The van der Waals surface area contributed by atoms with Gasteiger partial charge in [-0.1, -0.05) is 18.2 Å². The predicted octanol–water partition coefficient (Wildman–Crippen LogP) is 1.08. The van der Waals surface area contributed by atoms with Crippen molar-refractivity contribution in [3.63, 3.8) is 0 Å². The molecule has 2 unspecified atom stereocenters. The molecule has 1 saturated heterocycles. The van der Waals surface area contributed by atoms with Crippen molar-refractivity contribution in [1.82, 2.24) is 15.5 Å². The molecule has 3 rings (SSSR count). The zero-order valence-corrected chi connectivity index (χ0v) is 11.8. The van der Waals surface area contributed by atoms with Crippen LogP contribution in [-0.2, 0) is 4.74 Å². The molecule has 6 heteroatoms. The molecule has 1 aliphatic rings. The van der Waals surface area contributed by atoms with E-state index in [2.05, 4.69) is 15.5 Å². The van der Waals surface area contributed by atoms with Gasteiger partial charge in [-0.25, -0.2) is 5.10 Å². The number of hydrogen-bond acceptors (Lipinski definition) is 4. The fourth-order valence-electron chi connectivity index (χ4n) is 2.63. The SMILES string of the molecule is CC(NC(=O)c1n[nH]c(=O)c2ccccc12)C1CCOC1. The largest absolute Gasteiger partial charge is 0.381 e. The van der Waals surface area contributed by atoms with E-state index in [1.807, 2.05) is 6.92 Å². The van der Waals surface area contributed by atoms with E-state index in [9.17, 15) is 9.59 Å². The van der Waals surface area contributed by atoms with E-state index in [0.29, 0.717) is 23.3 Å². The highest BCUT2D eigenvalue weighted by atomic mass is 16.5. The van der Waals surface area contributed by atoms with Gasteiger partial charge in [-0.3, -0.25) is 9.59 Å². The number of amides is 1. The molecule has 2 aromatic rings. The van der Waals surface area contributed by atoms with E-state index in [4.69, 9.17) is 4.74 Å². The Labute approximate surface area is 121 Å². The minimum absolute atomic E-state index is 0.00694. The summed E-state index contributed by atoms with van der Waals surface area (Å²) in [4.78, 5) is 24.1. The van der Waals surface area contributed by atoms with Crippen molar-refractivity contribution in [2.45, 2.75) is 19.4 Å². The summed E-state index contributed by atoms with van der Waals surface area (Å²) in [5, 5.41) is 10.3. The molecule has 2 N–H and O–H groups in total. The van der Waals surface area contributed by atoms with Crippen molar-refractivity contribution in [2.75, 3.05) is 13.2 Å². The zero-order chi connectivity index (χ0) is 14.8. The number of nitrogens with one attached hydrogen (secondary N) is 2. The van der Waals surface area contributed by atoms with Crippen molar-refractivity contribution in [3.05, 3.63) is 40.3 Å². The van der Waals surface area contributed by atoms with Crippen LogP contribution in [0.4, 0.5) is 0 Å². The number of ether oxygens (including phenoxy) is 1. The Morgan fingerprint density at radius 1 is 1.43 bits per heavy atom. The van der Waals surface area contributed by atoms with Gasteiger partial charge in [0.05, 0.1) is 12.0 Å². The van der Waals surface area contributed by atoms with Gasteiger partial charge in [0, 0.05) is 24.0 Å². The maximum atomic E-state index is 12.4. The van der Waals surface area contributed by atoms with Gasteiger partial charge in [-0.2, -0.15) is 5.10 Å². The summed E-state index contributed by atoms with van der Waals surface area (Å²) in [6.07, 6.45) is 0.946. The second kappa shape index (κ2) is 5.65. The smallest absolute Gasteiger partial charge is 0.272 e. The Hall–Kier alpha value is -2.21. The Kier molecular flexibility index (Phi) is 3.70. The van der Waals surface area contributed by atoms with E-state index < -0.39 is 0 Å². The van der Waals surface area contributed by atoms with Gasteiger partial charge in [0.25, 0.3) is 11.5 Å². The van der Waals surface area contributed by atoms with Crippen LogP contribution in [0.1, 0.15) is 23.8 Å². The Morgan fingerprint density at radius 3 is 2.90 bits per heavy atom. The van der Waals surface area contributed by atoms with Crippen molar-refractivity contribution >= 4 is 16.7 Å². The Bertz CT molecular complexity index is 719.